The van der Waals surface area contributed by atoms with Crippen molar-refractivity contribution < 1.29 is 13.2 Å². The molecule has 1 aromatic carbocycles. The van der Waals surface area contributed by atoms with E-state index in [1.807, 2.05) is 35.2 Å². The molecule has 0 atom stereocenters. The Morgan fingerprint density at radius 2 is 1.54 bits per heavy atom. The Balaban J connectivity index is 1.77. The number of nitrogens with zero attached hydrogens (tertiary/aromatic N) is 4. The van der Waals surface area contributed by atoms with E-state index in [1.165, 1.54) is 0 Å². The Labute approximate surface area is 149 Å². The molecule has 2 heterocycles. The topological polar surface area (TPSA) is 84.3 Å². The molecule has 0 spiro atoms. The molecule has 0 saturated carbocycles. The highest BCUT2D eigenvalue weighted by Gasteiger charge is 2.29. The molecule has 0 amide bonds. The minimum Gasteiger partial charge on any atom is -0.382 e. The molecule has 1 saturated heterocycles. The van der Waals surface area contributed by atoms with Gasteiger partial charge < -0.3 is 21.3 Å². The number of rotatable bonds is 4. The van der Waals surface area contributed by atoms with Gasteiger partial charge in [-0.05, 0) is 12.1 Å². The zero-order valence-corrected chi connectivity index (χ0v) is 14.2. The van der Waals surface area contributed by atoms with Gasteiger partial charge in [0.1, 0.15) is 5.69 Å². The molecule has 6 nitrogen and oxygen atoms in total. The average molecular weight is 366 g/mol. The van der Waals surface area contributed by atoms with Gasteiger partial charge in [0.15, 0.2) is 5.82 Å². The first kappa shape index (κ1) is 18.1. The van der Waals surface area contributed by atoms with Crippen LogP contribution in [0.4, 0.5) is 36.3 Å². The summed E-state index contributed by atoms with van der Waals surface area (Å²) in [4.78, 5) is 12.1. The van der Waals surface area contributed by atoms with E-state index in [4.69, 9.17) is 11.5 Å². The Hall–Kier alpha value is -2.71. The van der Waals surface area contributed by atoms with Crippen molar-refractivity contribution in [1.29, 1.82) is 0 Å². The van der Waals surface area contributed by atoms with Gasteiger partial charge >= 0.3 is 6.18 Å². The van der Waals surface area contributed by atoms with Gasteiger partial charge in [0, 0.05) is 44.7 Å². The third-order valence-corrected chi connectivity index (χ3v) is 4.36. The van der Waals surface area contributed by atoms with Gasteiger partial charge in [-0.2, -0.15) is 18.2 Å². The standard InChI is InChI=1S/C17H21F3N6/c18-17(19,20)7-6-13-14(15(21)24-16(22)23-13)26-10-8-25(9-11-26)12-4-2-1-3-5-12/h1-5H,6-11H2,(H4,21,22,23,24). The number of hydrogen-bond donors (Lipinski definition) is 2. The largest absolute Gasteiger partial charge is 0.389 e. The number of piperazine rings is 1. The number of nitrogen functional groups attached to an aromatic ring is 2. The zero-order chi connectivity index (χ0) is 18.7. The monoisotopic (exact) mass is 366 g/mol. The predicted octanol–water partition coefficient (Wildman–Crippen LogP) is 2.46. The maximum absolute atomic E-state index is 12.6. The van der Waals surface area contributed by atoms with Crippen molar-refractivity contribution in [3.63, 3.8) is 0 Å². The smallest absolute Gasteiger partial charge is 0.382 e. The van der Waals surface area contributed by atoms with Crippen LogP contribution >= 0.6 is 0 Å². The van der Waals surface area contributed by atoms with Gasteiger partial charge in [-0.1, -0.05) is 18.2 Å². The molecule has 26 heavy (non-hydrogen) atoms. The van der Waals surface area contributed by atoms with Crippen LogP contribution in [0, 0.1) is 0 Å². The van der Waals surface area contributed by atoms with E-state index in [0.29, 0.717) is 18.8 Å². The van der Waals surface area contributed by atoms with Crippen LogP contribution < -0.4 is 21.3 Å². The van der Waals surface area contributed by atoms with Crippen LogP contribution in [0.15, 0.2) is 30.3 Å². The third-order valence-electron chi connectivity index (χ3n) is 4.36. The number of aromatic nitrogens is 2. The molecule has 4 N–H and O–H groups in total. The first-order valence-electron chi connectivity index (χ1n) is 8.37. The summed E-state index contributed by atoms with van der Waals surface area (Å²) in [5, 5.41) is 0. The summed E-state index contributed by atoms with van der Waals surface area (Å²) in [7, 11) is 0. The molecular formula is C17H21F3N6. The second-order valence-corrected chi connectivity index (χ2v) is 6.19. The van der Waals surface area contributed by atoms with E-state index in [-0.39, 0.29) is 23.9 Å². The van der Waals surface area contributed by atoms with Crippen molar-refractivity contribution in [3.05, 3.63) is 36.0 Å². The van der Waals surface area contributed by atoms with Crippen LogP contribution in [0.5, 0.6) is 0 Å². The van der Waals surface area contributed by atoms with Gasteiger partial charge in [-0.25, -0.2) is 4.98 Å². The Kier molecular flexibility index (Phi) is 5.06. The maximum Gasteiger partial charge on any atom is 0.389 e. The molecule has 1 fully saturated rings. The molecular weight excluding hydrogens is 345 g/mol. The molecule has 9 heteroatoms. The van der Waals surface area contributed by atoms with Crippen LogP contribution in [-0.2, 0) is 6.42 Å². The minimum absolute atomic E-state index is 0.105. The number of para-hydroxylation sites is 1. The molecule has 140 valence electrons. The molecule has 0 aliphatic carbocycles. The summed E-state index contributed by atoms with van der Waals surface area (Å²) in [6, 6.07) is 9.97. The number of halogens is 3. The fourth-order valence-electron chi connectivity index (χ4n) is 3.15. The summed E-state index contributed by atoms with van der Waals surface area (Å²) in [5.74, 6) is 0.0224. The van der Waals surface area contributed by atoms with Crippen molar-refractivity contribution in [2.75, 3.05) is 47.4 Å². The minimum atomic E-state index is -4.27. The van der Waals surface area contributed by atoms with E-state index in [2.05, 4.69) is 14.9 Å². The molecule has 0 radical (unpaired) electrons. The number of anilines is 4. The first-order chi connectivity index (χ1) is 12.3. The van der Waals surface area contributed by atoms with E-state index >= 15 is 0 Å². The van der Waals surface area contributed by atoms with Crippen LogP contribution in [0.1, 0.15) is 12.1 Å². The van der Waals surface area contributed by atoms with Crippen LogP contribution in [0.2, 0.25) is 0 Å². The number of hydrogen-bond acceptors (Lipinski definition) is 6. The summed E-state index contributed by atoms with van der Waals surface area (Å²) in [5.41, 5.74) is 13.4. The van der Waals surface area contributed by atoms with Gasteiger partial charge in [-0.15, -0.1) is 0 Å². The van der Waals surface area contributed by atoms with Crippen molar-refractivity contribution in [2.45, 2.75) is 19.0 Å². The van der Waals surface area contributed by atoms with E-state index in [9.17, 15) is 13.2 Å². The normalized spacial score (nSPS) is 15.3. The fraction of sp³-hybridized carbons (Fsp3) is 0.412. The van der Waals surface area contributed by atoms with Gasteiger partial charge in [-0.3, -0.25) is 0 Å². The van der Waals surface area contributed by atoms with Crippen LogP contribution in [-0.4, -0.2) is 42.3 Å². The molecule has 0 unspecified atom stereocenters. The van der Waals surface area contributed by atoms with Crippen LogP contribution in [0.25, 0.3) is 0 Å². The van der Waals surface area contributed by atoms with Gasteiger partial charge in [0.05, 0.1) is 5.69 Å². The van der Waals surface area contributed by atoms with E-state index < -0.39 is 12.6 Å². The molecule has 1 aliphatic rings. The summed E-state index contributed by atoms with van der Waals surface area (Å²) in [6.07, 6.45) is -5.51. The molecule has 3 rings (SSSR count). The highest BCUT2D eigenvalue weighted by atomic mass is 19.4. The molecule has 1 aliphatic heterocycles. The number of alkyl halides is 3. The van der Waals surface area contributed by atoms with Crippen molar-refractivity contribution in [1.82, 2.24) is 9.97 Å². The van der Waals surface area contributed by atoms with E-state index in [0.717, 1.165) is 18.8 Å². The SMILES string of the molecule is Nc1nc(N)c(N2CCN(c3ccccc3)CC2)c(CCC(F)(F)F)n1. The second-order valence-electron chi connectivity index (χ2n) is 6.19. The number of benzene rings is 1. The highest BCUT2D eigenvalue weighted by Crippen LogP contribution is 2.31. The number of nitrogens with two attached hydrogens (primary N) is 2. The average Bonchev–Trinajstić information content (AvgIpc) is 2.60. The lowest BCUT2D eigenvalue weighted by atomic mass is 10.1. The molecule has 2 aromatic rings. The zero-order valence-electron chi connectivity index (χ0n) is 14.2. The lowest BCUT2D eigenvalue weighted by Gasteiger charge is -2.38. The Morgan fingerprint density at radius 3 is 2.15 bits per heavy atom. The van der Waals surface area contributed by atoms with E-state index in [1.54, 1.807) is 0 Å². The third kappa shape index (κ3) is 4.27. The maximum atomic E-state index is 12.6. The second kappa shape index (κ2) is 7.27. The lowest BCUT2D eigenvalue weighted by molar-refractivity contribution is -0.134. The quantitative estimate of drug-likeness (QED) is 0.865. The molecule has 0 bridgehead atoms. The predicted molar refractivity (Wildman–Crippen MR) is 96.1 cm³/mol. The van der Waals surface area contributed by atoms with Crippen LogP contribution in [0.3, 0.4) is 0 Å². The summed E-state index contributed by atoms with van der Waals surface area (Å²) in [6.45, 7) is 2.69. The summed E-state index contributed by atoms with van der Waals surface area (Å²) < 4.78 is 37.9. The van der Waals surface area contributed by atoms with Crippen molar-refractivity contribution in [3.8, 4) is 0 Å². The highest BCUT2D eigenvalue weighted by molar-refractivity contribution is 5.68. The summed E-state index contributed by atoms with van der Waals surface area (Å²) >= 11 is 0. The van der Waals surface area contributed by atoms with Gasteiger partial charge in [0.25, 0.3) is 0 Å². The Morgan fingerprint density at radius 1 is 0.923 bits per heavy atom. The van der Waals surface area contributed by atoms with Gasteiger partial charge in [0.2, 0.25) is 5.95 Å². The Bertz CT molecular complexity index is 742. The first-order valence-corrected chi connectivity index (χ1v) is 8.37. The van der Waals surface area contributed by atoms with Crippen molar-refractivity contribution in [2.24, 2.45) is 0 Å². The number of aryl methyl sites for hydroxylation is 1. The fourth-order valence-corrected chi connectivity index (χ4v) is 3.15. The lowest BCUT2D eigenvalue weighted by Crippen LogP contribution is -2.47. The molecule has 1 aromatic heterocycles. The van der Waals surface area contributed by atoms with Crippen molar-refractivity contribution >= 4 is 23.1 Å².